The fourth-order valence-electron chi connectivity index (χ4n) is 2.91. The number of fused-ring (bicyclic) bond motifs is 1. The van der Waals surface area contributed by atoms with Gasteiger partial charge in [0.1, 0.15) is 11.3 Å². The maximum atomic E-state index is 6.05. The molecule has 3 rings (SSSR count). The Hall–Kier alpha value is -1.13. The van der Waals surface area contributed by atoms with Crippen LogP contribution in [0.25, 0.3) is 11.2 Å². The van der Waals surface area contributed by atoms with Crippen molar-refractivity contribution in [3.05, 3.63) is 23.7 Å². The van der Waals surface area contributed by atoms with Crippen LogP contribution in [-0.2, 0) is 12.4 Å². The van der Waals surface area contributed by atoms with Crippen LogP contribution in [0.2, 0.25) is 0 Å². The van der Waals surface area contributed by atoms with Gasteiger partial charge in [0.15, 0.2) is 5.65 Å². The minimum atomic E-state index is 0.443. The van der Waals surface area contributed by atoms with Gasteiger partial charge in [-0.1, -0.05) is 0 Å². The maximum Gasteiger partial charge on any atom is 0.160 e. The Morgan fingerprint density at radius 1 is 1.47 bits per heavy atom. The molecule has 102 valence electrons. The summed E-state index contributed by atoms with van der Waals surface area (Å²) < 4.78 is 2.21. The van der Waals surface area contributed by atoms with Gasteiger partial charge >= 0.3 is 0 Å². The van der Waals surface area contributed by atoms with Gasteiger partial charge < -0.3 is 9.47 Å². The van der Waals surface area contributed by atoms with Gasteiger partial charge in [0.2, 0.25) is 0 Å². The molecule has 0 aliphatic carbocycles. The average Bonchev–Trinajstić information content (AvgIpc) is 2.96. The van der Waals surface area contributed by atoms with Gasteiger partial charge in [-0.2, -0.15) is 0 Å². The molecule has 2 aromatic rings. The van der Waals surface area contributed by atoms with Crippen molar-refractivity contribution in [2.75, 3.05) is 20.1 Å². The number of likely N-dealkylation sites (tertiary alicyclic amines) is 1. The van der Waals surface area contributed by atoms with E-state index >= 15 is 0 Å². The molecule has 3 heterocycles. The zero-order valence-corrected chi connectivity index (χ0v) is 12.2. The molecule has 0 saturated carbocycles. The third kappa shape index (κ3) is 2.35. The number of alkyl halides is 1. The van der Waals surface area contributed by atoms with E-state index in [-0.39, 0.29) is 0 Å². The Labute approximate surface area is 118 Å². The highest BCUT2D eigenvalue weighted by molar-refractivity contribution is 6.16. The summed E-state index contributed by atoms with van der Waals surface area (Å²) in [5, 5.41) is 0. The number of pyridine rings is 1. The molecule has 1 atom stereocenters. The van der Waals surface area contributed by atoms with Gasteiger partial charge in [0, 0.05) is 19.3 Å². The van der Waals surface area contributed by atoms with E-state index in [4.69, 9.17) is 11.6 Å². The molecule has 4 nitrogen and oxygen atoms in total. The number of aromatic nitrogens is 3. The number of imidazole rings is 1. The van der Waals surface area contributed by atoms with Crippen LogP contribution in [0.5, 0.6) is 0 Å². The first-order valence-corrected chi connectivity index (χ1v) is 7.27. The van der Waals surface area contributed by atoms with Gasteiger partial charge in [-0.25, -0.2) is 9.97 Å². The van der Waals surface area contributed by atoms with Crippen molar-refractivity contribution < 1.29 is 0 Å². The highest BCUT2D eigenvalue weighted by atomic mass is 35.5. The molecule has 1 fully saturated rings. The van der Waals surface area contributed by atoms with Crippen molar-refractivity contribution in [3.63, 3.8) is 0 Å². The third-order valence-corrected chi connectivity index (χ3v) is 4.20. The van der Waals surface area contributed by atoms with Crippen LogP contribution in [0.4, 0.5) is 0 Å². The number of nitrogens with zero attached hydrogens (tertiary/aromatic N) is 4. The highest BCUT2D eigenvalue weighted by Gasteiger charge is 2.22. The average molecular weight is 279 g/mol. The zero-order chi connectivity index (χ0) is 13.4. The van der Waals surface area contributed by atoms with Crippen LogP contribution in [0.1, 0.15) is 17.8 Å². The third-order valence-electron chi connectivity index (χ3n) is 3.96. The summed E-state index contributed by atoms with van der Waals surface area (Å²) in [4.78, 5) is 11.5. The van der Waals surface area contributed by atoms with Crippen LogP contribution < -0.4 is 0 Å². The quantitative estimate of drug-likeness (QED) is 0.809. The van der Waals surface area contributed by atoms with E-state index in [9.17, 15) is 0 Å². The van der Waals surface area contributed by atoms with E-state index in [0.717, 1.165) is 30.1 Å². The summed E-state index contributed by atoms with van der Waals surface area (Å²) >= 11 is 6.05. The van der Waals surface area contributed by atoms with Gasteiger partial charge in [0.25, 0.3) is 0 Å². The zero-order valence-electron chi connectivity index (χ0n) is 11.4. The molecule has 0 spiro atoms. The second-order valence-corrected chi connectivity index (χ2v) is 5.76. The van der Waals surface area contributed by atoms with Crippen LogP contribution in [0.15, 0.2) is 12.3 Å². The van der Waals surface area contributed by atoms with Crippen molar-refractivity contribution >= 4 is 22.8 Å². The summed E-state index contributed by atoms with van der Waals surface area (Å²) in [7, 11) is 2.18. The van der Waals surface area contributed by atoms with Crippen molar-refractivity contribution in [1.29, 1.82) is 0 Å². The van der Waals surface area contributed by atoms with E-state index in [0.29, 0.717) is 11.8 Å². The summed E-state index contributed by atoms with van der Waals surface area (Å²) in [5.74, 6) is 2.05. The monoisotopic (exact) mass is 278 g/mol. The molecule has 0 bridgehead atoms. The number of aryl methyl sites for hydroxylation is 1. The smallest absolute Gasteiger partial charge is 0.160 e. The van der Waals surface area contributed by atoms with E-state index < -0.39 is 0 Å². The highest BCUT2D eigenvalue weighted by Crippen LogP contribution is 2.23. The SMILES string of the molecule is Cc1ccnc2c1nc(CCl)n2CC1CCN(C)C1. The molecule has 1 aliphatic heterocycles. The number of hydrogen-bond donors (Lipinski definition) is 0. The number of halogens is 1. The molecule has 1 aliphatic rings. The lowest BCUT2D eigenvalue weighted by atomic mass is 10.1. The maximum absolute atomic E-state index is 6.05. The van der Waals surface area contributed by atoms with Crippen LogP contribution >= 0.6 is 11.6 Å². The molecular formula is C14H19ClN4. The Balaban J connectivity index is 1.99. The van der Waals surface area contributed by atoms with Crippen molar-refractivity contribution in [2.24, 2.45) is 5.92 Å². The first-order chi connectivity index (χ1) is 9.19. The molecule has 2 aromatic heterocycles. The second-order valence-electron chi connectivity index (χ2n) is 5.49. The summed E-state index contributed by atoms with van der Waals surface area (Å²) in [6.45, 7) is 5.37. The topological polar surface area (TPSA) is 34.0 Å². The van der Waals surface area contributed by atoms with E-state index in [1.807, 2.05) is 12.3 Å². The van der Waals surface area contributed by atoms with Gasteiger partial charge in [-0.15, -0.1) is 11.6 Å². The lowest BCUT2D eigenvalue weighted by Gasteiger charge is -2.13. The van der Waals surface area contributed by atoms with Gasteiger partial charge in [-0.3, -0.25) is 0 Å². The molecule has 0 aromatic carbocycles. The molecule has 1 saturated heterocycles. The van der Waals surface area contributed by atoms with Gasteiger partial charge in [-0.05, 0) is 44.5 Å². The van der Waals surface area contributed by atoms with E-state index in [2.05, 4.69) is 33.4 Å². The predicted molar refractivity (Wildman–Crippen MR) is 77.4 cm³/mol. The molecule has 19 heavy (non-hydrogen) atoms. The Morgan fingerprint density at radius 3 is 3.00 bits per heavy atom. The van der Waals surface area contributed by atoms with Crippen molar-refractivity contribution in [1.82, 2.24) is 19.4 Å². The molecule has 0 N–H and O–H groups in total. The van der Waals surface area contributed by atoms with Crippen molar-refractivity contribution in [3.8, 4) is 0 Å². The second kappa shape index (κ2) is 5.10. The first kappa shape index (κ1) is 12.9. The molecule has 0 radical (unpaired) electrons. The lowest BCUT2D eigenvalue weighted by molar-refractivity contribution is 0.378. The number of rotatable bonds is 3. The minimum absolute atomic E-state index is 0.443. The van der Waals surface area contributed by atoms with E-state index in [1.165, 1.54) is 18.5 Å². The van der Waals surface area contributed by atoms with Gasteiger partial charge in [0.05, 0.1) is 5.88 Å². The molecule has 5 heteroatoms. The van der Waals surface area contributed by atoms with Crippen molar-refractivity contribution in [2.45, 2.75) is 25.8 Å². The van der Waals surface area contributed by atoms with Crippen LogP contribution in [0.3, 0.4) is 0 Å². The molecule has 0 amide bonds. The summed E-state index contributed by atoms with van der Waals surface area (Å²) in [5.41, 5.74) is 3.13. The first-order valence-electron chi connectivity index (χ1n) is 6.74. The van der Waals surface area contributed by atoms with Crippen LogP contribution in [0, 0.1) is 12.8 Å². The number of hydrogen-bond acceptors (Lipinski definition) is 3. The normalized spacial score (nSPS) is 20.5. The molecule has 1 unspecified atom stereocenters. The Bertz CT molecular complexity index is 592. The Kier molecular flexibility index (Phi) is 3.46. The van der Waals surface area contributed by atoms with E-state index in [1.54, 1.807) is 0 Å². The summed E-state index contributed by atoms with van der Waals surface area (Å²) in [6, 6.07) is 2.00. The minimum Gasteiger partial charge on any atom is -0.311 e. The standard InChI is InChI=1S/C14H19ClN4/c1-10-3-5-16-14-13(10)17-12(7-15)19(14)9-11-4-6-18(2)8-11/h3,5,11H,4,6-9H2,1-2H3. The largest absolute Gasteiger partial charge is 0.311 e. The lowest BCUT2D eigenvalue weighted by Crippen LogP contribution is -2.18. The predicted octanol–water partition coefficient (Wildman–Crippen LogP) is 2.43. The fraction of sp³-hybridized carbons (Fsp3) is 0.571. The molecular weight excluding hydrogens is 260 g/mol. The Morgan fingerprint density at radius 2 is 2.32 bits per heavy atom. The fourth-order valence-corrected chi connectivity index (χ4v) is 3.11. The van der Waals surface area contributed by atoms with Crippen LogP contribution in [-0.4, -0.2) is 39.6 Å². The summed E-state index contributed by atoms with van der Waals surface area (Å²) in [6.07, 6.45) is 3.10.